The number of methoxy groups -OCH3 is 1. The van der Waals surface area contributed by atoms with E-state index in [0.717, 1.165) is 28.7 Å². The molecule has 2 amide bonds. The molecule has 27 heavy (non-hydrogen) atoms. The van der Waals surface area contributed by atoms with Crippen LogP contribution < -0.4 is 5.32 Å². The lowest BCUT2D eigenvalue weighted by molar-refractivity contribution is -0.136. The maximum absolute atomic E-state index is 12.7. The molecule has 142 valence electrons. The zero-order chi connectivity index (χ0) is 19.0. The molecule has 3 heterocycles. The molecule has 4 rings (SSSR count). The molecule has 2 atom stereocenters. The Balaban J connectivity index is 1.77. The number of fused-ring (bicyclic) bond motifs is 3. The molecule has 7 heteroatoms. The van der Waals surface area contributed by atoms with Crippen molar-refractivity contribution in [1.29, 1.82) is 0 Å². The summed E-state index contributed by atoms with van der Waals surface area (Å²) in [7, 11) is 1.38. The molecule has 1 aromatic carbocycles. The minimum atomic E-state index is -0.368. The van der Waals surface area contributed by atoms with Gasteiger partial charge in [-0.1, -0.05) is 18.2 Å². The second-order valence-corrected chi connectivity index (χ2v) is 7.93. The number of urea groups is 1. The van der Waals surface area contributed by atoms with E-state index in [9.17, 15) is 9.59 Å². The van der Waals surface area contributed by atoms with Gasteiger partial charge in [-0.3, -0.25) is 0 Å². The third-order valence-electron chi connectivity index (χ3n) is 5.35. The summed E-state index contributed by atoms with van der Waals surface area (Å²) in [6.45, 7) is 0.0941. The summed E-state index contributed by atoms with van der Waals surface area (Å²) in [5.41, 5.74) is 1.60. The standard InChI is InChI=1S/C20H22N2O4S/c1-26-19(24)18-14(17-10-12-4-2-3-5-16(12)27-17)11-13-6-7-15(18)22(13)20(25)21-8-9-23/h2-5,10,13,15,23H,6-9,11H2,1H3,(H,21,25). The van der Waals surface area contributed by atoms with Crippen LogP contribution in [0.5, 0.6) is 0 Å². The van der Waals surface area contributed by atoms with Crippen LogP contribution in [-0.4, -0.2) is 54.4 Å². The van der Waals surface area contributed by atoms with Gasteiger partial charge in [-0.15, -0.1) is 11.3 Å². The van der Waals surface area contributed by atoms with E-state index in [0.29, 0.717) is 12.0 Å². The fourth-order valence-electron chi connectivity index (χ4n) is 4.21. The molecular formula is C20H22N2O4S. The lowest BCUT2D eigenvalue weighted by Crippen LogP contribution is -2.51. The minimum Gasteiger partial charge on any atom is -0.466 e. The van der Waals surface area contributed by atoms with Gasteiger partial charge in [0.05, 0.1) is 25.3 Å². The molecule has 1 fully saturated rings. The maximum atomic E-state index is 12.7. The van der Waals surface area contributed by atoms with Crippen LogP contribution in [0.4, 0.5) is 4.79 Å². The molecule has 2 aromatic rings. The van der Waals surface area contributed by atoms with Crippen molar-refractivity contribution in [2.45, 2.75) is 31.3 Å². The Hall–Kier alpha value is -2.38. The fourth-order valence-corrected chi connectivity index (χ4v) is 5.34. The van der Waals surface area contributed by atoms with E-state index in [-0.39, 0.29) is 37.2 Å². The molecule has 2 aliphatic heterocycles. The van der Waals surface area contributed by atoms with E-state index in [1.165, 1.54) is 11.8 Å². The number of rotatable bonds is 4. The summed E-state index contributed by atoms with van der Waals surface area (Å²) in [6, 6.07) is 9.83. The van der Waals surface area contributed by atoms with E-state index in [1.807, 2.05) is 12.1 Å². The van der Waals surface area contributed by atoms with Crippen molar-refractivity contribution < 1.29 is 19.4 Å². The number of benzene rings is 1. The third-order valence-corrected chi connectivity index (χ3v) is 6.53. The van der Waals surface area contributed by atoms with Gasteiger partial charge in [0.15, 0.2) is 0 Å². The number of carbonyl (C=O) groups is 2. The van der Waals surface area contributed by atoms with Gasteiger partial charge in [0.2, 0.25) is 0 Å². The van der Waals surface area contributed by atoms with E-state index in [4.69, 9.17) is 9.84 Å². The number of thiophene rings is 1. The summed E-state index contributed by atoms with van der Waals surface area (Å²) < 4.78 is 6.27. The van der Waals surface area contributed by atoms with Crippen LogP contribution in [-0.2, 0) is 9.53 Å². The van der Waals surface area contributed by atoms with E-state index >= 15 is 0 Å². The molecule has 6 nitrogen and oxygen atoms in total. The highest BCUT2D eigenvalue weighted by Crippen LogP contribution is 2.45. The predicted molar refractivity (Wildman–Crippen MR) is 105 cm³/mol. The third kappa shape index (κ3) is 3.11. The Morgan fingerprint density at radius 2 is 2.15 bits per heavy atom. The van der Waals surface area contributed by atoms with Gasteiger partial charge in [-0.2, -0.15) is 0 Å². The summed E-state index contributed by atoms with van der Waals surface area (Å²) in [5.74, 6) is -0.368. The van der Waals surface area contributed by atoms with Crippen molar-refractivity contribution in [1.82, 2.24) is 10.2 Å². The molecule has 1 aromatic heterocycles. The number of hydrogen-bond donors (Lipinski definition) is 2. The van der Waals surface area contributed by atoms with Gasteiger partial charge >= 0.3 is 12.0 Å². The molecule has 0 spiro atoms. The van der Waals surface area contributed by atoms with Gasteiger partial charge in [0.25, 0.3) is 0 Å². The van der Waals surface area contributed by atoms with E-state index < -0.39 is 0 Å². The van der Waals surface area contributed by atoms with E-state index in [1.54, 1.807) is 16.2 Å². The highest BCUT2D eigenvalue weighted by molar-refractivity contribution is 7.20. The number of ether oxygens (including phenoxy) is 1. The molecule has 0 radical (unpaired) electrons. The Morgan fingerprint density at radius 3 is 2.89 bits per heavy atom. The summed E-state index contributed by atoms with van der Waals surface area (Å²) in [5, 5.41) is 12.9. The topological polar surface area (TPSA) is 78.9 Å². The SMILES string of the molecule is COC(=O)C1=C(c2cc3ccccc3s2)CC2CCC1N2C(=O)NCCO. The highest BCUT2D eigenvalue weighted by atomic mass is 32.1. The van der Waals surface area contributed by atoms with Crippen molar-refractivity contribution >= 4 is 39.0 Å². The average molecular weight is 386 g/mol. The minimum absolute atomic E-state index is 0.0577. The van der Waals surface area contributed by atoms with Crippen LogP contribution in [0.3, 0.4) is 0 Å². The predicted octanol–water partition coefficient (Wildman–Crippen LogP) is 2.77. The molecular weight excluding hydrogens is 364 g/mol. The number of amides is 2. The number of hydrogen-bond acceptors (Lipinski definition) is 5. The first kappa shape index (κ1) is 18.0. The van der Waals surface area contributed by atoms with Crippen LogP contribution in [0.25, 0.3) is 15.7 Å². The zero-order valence-electron chi connectivity index (χ0n) is 15.1. The number of aliphatic hydroxyl groups excluding tert-OH is 1. The van der Waals surface area contributed by atoms with Crippen LogP contribution in [0, 0.1) is 0 Å². The van der Waals surface area contributed by atoms with Crippen LogP contribution in [0.15, 0.2) is 35.9 Å². The summed E-state index contributed by atoms with van der Waals surface area (Å²) in [6.07, 6.45) is 2.24. The van der Waals surface area contributed by atoms with Gasteiger partial charge < -0.3 is 20.1 Å². The molecule has 0 aliphatic carbocycles. The summed E-state index contributed by atoms with van der Waals surface area (Å²) >= 11 is 1.67. The van der Waals surface area contributed by atoms with Crippen molar-refractivity contribution in [3.63, 3.8) is 0 Å². The highest BCUT2D eigenvalue weighted by Gasteiger charge is 2.46. The maximum Gasteiger partial charge on any atom is 0.336 e. The first-order valence-electron chi connectivity index (χ1n) is 9.11. The molecule has 1 saturated heterocycles. The van der Waals surface area contributed by atoms with Crippen LogP contribution in [0.2, 0.25) is 0 Å². The fraction of sp³-hybridized carbons (Fsp3) is 0.400. The van der Waals surface area contributed by atoms with Crippen LogP contribution >= 0.6 is 11.3 Å². The first-order chi connectivity index (χ1) is 13.1. The van der Waals surface area contributed by atoms with Crippen molar-refractivity contribution in [2.24, 2.45) is 0 Å². The second-order valence-electron chi connectivity index (χ2n) is 6.85. The number of nitrogens with zero attached hydrogens (tertiary/aromatic N) is 1. The molecule has 0 saturated carbocycles. The summed E-state index contributed by atoms with van der Waals surface area (Å²) in [4.78, 5) is 28.1. The van der Waals surface area contributed by atoms with Crippen molar-refractivity contribution in [3.05, 3.63) is 40.8 Å². The van der Waals surface area contributed by atoms with Crippen LogP contribution in [0.1, 0.15) is 24.1 Å². The lowest BCUT2D eigenvalue weighted by Gasteiger charge is -2.36. The van der Waals surface area contributed by atoms with Crippen molar-refractivity contribution in [2.75, 3.05) is 20.3 Å². The Bertz CT molecular complexity index is 887. The molecule has 2 aliphatic rings. The van der Waals surface area contributed by atoms with Crippen molar-refractivity contribution in [3.8, 4) is 0 Å². The van der Waals surface area contributed by atoms with E-state index in [2.05, 4.69) is 23.5 Å². The quantitative estimate of drug-likeness (QED) is 0.792. The normalized spacial score (nSPS) is 21.6. The van der Waals surface area contributed by atoms with Gasteiger partial charge in [0, 0.05) is 22.2 Å². The largest absolute Gasteiger partial charge is 0.466 e. The zero-order valence-corrected chi connectivity index (χ0v) is 15.9. The Morgan fingerprint density at radius 1 is 1.33 bits per heavy atom. The van der Waals surface area contributed by atoms with Gasteiger partial charge in [0.1, 0.15) is 0 Å². The average Bonchev–Trinajstić information content (AvgIpc) is 3.25. The molecule has 2 unspecified atom stereocenters. The monoisotopic (exact) mass is 386 g/mol. The Kier molecular flexibility index (Phi) is 4.88. The first-order valence-corrected chi connectivity index (χ1v) is 9.93. The number of carbonyl (C=O) groups excluding carboxylic acids is 2. The number of esters is 1. The molecule has 2 N–H and O–H groups in total. The smallest absolute Gasteiger partial charge is 0.336 e. The number of nitrogens with one attached hydrogen (secondary N) is 1. The van der Waals surface area contributed by atoms with Gasteiger partial charge in [-0.05, 0) is 42.4 Å². The second kappa shape index (κ2) is 7.32. The molecule has 2 bridgehead atoms. The number of aliphatic hydroxyl groups is 1. The lowest BCUT2D eigenvalue weighted by atomic mass is 9.92. The Labute approximate surface area is 161 Å². The van der Waals surface area contributed by atoms with Gasteiger partial charge in [-0.25, -0.2) is 9.59 Å².